The van der Waals surface area contributed by atoms with Gasteiger partial charge in [-0.1, -0.05) is 137 Å². The Morgan fingerprint density at radius 3 is 1.66 bits per heavy atom. The number of nitrogens with zero attached hydrogens (tertiary/aromatic N) is 10. The van der Waals surface area contributed by atoms with Crippen LogP contribution in [0, 0.1) is 0 Å². The third-order valence-electron chi connectivity index (χ3n) is 16.0. The molecule has 4 aliphatic heterocycles. The smallest absolute Gasteiger partial charge is 0.409 e. The number of ether oxygens (including phenoxy) is 15. The molecule has 19 atom stereocenters. The maximum atomic E-state index is 14.6. The first kappa shape index (κ1) is 71.5. The lowest BCUT2D eigenvalue weighted by atomic mass is 9.81. The summed E-state index contributed by atoms with van der Waals surface area (Å²) in [5.74, 6) is -3.70. The number of amides is 3. The van der Waals surface area contributed by atoms with E-state index in [2.05, 4.69) is 40.7 Å². The molecule has 0 bridgehead atoms. The molecule has 5 fully saturated rings. The fourth-order valence-corrected chi connectivity index (χ4v) is 11.8. The van der Waals surface area contributed by atoms with Gasteiger partial charge in [-0.05, 0) is 45.3 Å². The molecular weight excluding hydrogens is 1280 g/mol. The lowest BCUT2D eigenvalue weighted by Crippen LogP contribution is -2.72. The van der Waals surface area contributed by atoms with Crippen molar-refractivity contribution in [2.75, 3.05) is 26.7 Å². The Morgan fingerprint density at radius 1 is 0.557 bits per heavy atom. The Labute approximate surface area is 554 Å². The van der Waals surface area contributed by atoms with E-state index in [0.29, 0.717) is 16.7 Å². The molecule has 34 heteroatoms. The highest BCUT2D eigenvalue weighted by molar-refractivity contribution is 5.72. The monoisotopic (exact) mass is 1350 g/mol. The fraction of sp³-hybridized carbons (Fsp3) is 0.508. The SMILES string of the molecule is CC(=O)OC[C@H]1O[C@@H](O[C@H]2[C@H](O[C@H]3O[C@H](CN(C)C(=O)OCc4ccccc4)[C@@H](OCc4ccccc4)C[C@H]3N=[N+]=[N-])[C@@H](NC(=O)OCc3ccccc3)[C@H](OCc3ccccc3)[C@H]3NC(=O)O[C@@H]32)[C@H](OC(C)=O)[C@@H]1O[C@H]1O[C@@H](CN=[N+]=[N-])[C@@H](OC(C)=O)[C@H](OC(C)=O)[C@H]1N=[N+]=[N-]. The molecule has 9 rings (SSSR count). The second-order valence-electron chi connectivity index (χ2n) is 22.9. The van der Waals surface area contributed by atoms with E-state index in [-0.39, 0.29) is 39.4 Å². The van der Waals surface area contributed by atoms with Crippen molar-refractivity contribution < 1.29 is 105 Å². The number of hydrogen-bond acceptors (Lipinski definition) is 25. The number of carbonyl (C=O) groups is 7. The van der Waals surface area contributed by atoms with Crippen molar-refractivity contribution >= 4 is 42.2 Å². The molecule has 4 saturated heterocycles. The zero-order chi connectivity index (χ0) is 69.0. The highest BCUT2D eigenvalue weighted by Gasteiger charge is 2.63. The van der Waals surface area contributed by atoms with Crippen molar-refractivity contribution in [1.82, 2.24) is 15.5 Å². The molecule has 3 amide bonds. The maximum Gasteiger partial charge on any atom is 0.409 e. The number of benzene rings is 4. The van der Waals surface area contributed by atoms with Crippen LogP contribution in [0.3, 0.4) is 0 Å². The van der Waals surface area contributed by atoms with E-state index in [4.69, 9.17) is 71.1 Å². The number of alkyl carbamates (subject to hydrolysis) is 2. The van der Waals surface area contributed by atoms with Gasteiger partial charge in [0.05, 0.1) is 44.5 Å². The number of rotatable bonds is 28. The van der Waals surface area contributed by atoms with Gasteiger partial charge in [0.2, 0.25) is 0 Å². The molecular formula is C63H72N12O22. The Balaban J connectivity index is 1.14. The summed E-state index contributed by atoms with van der Waals surface area (Å²) in [7, 11) is 1.48. The zero-order valence-corrected chi connectivity index (χ0v) is 53.1. The van der Waals surface area contributed by atoms with E-state index in [1.54, 1.807) is 84.9 Å². The largest absolute Gasteiger partial charge is 0.463 e. The summed E-state index contributed by atoms with van der Waals surface area (Å²) < 4.78 is 93.8. The Bertz CT molecular complexity index is 3480. The lowest BCUT2D eigenvalue weighted by molar-refractivity contribution is -0.306. The van der Waals surface area contributed by atoms with Gasteiger partial charge < -0.3 is 86.6 Å². The van der Waals surface area contributed by atoms with Crippen LogP contribution >= 0.6 is 0 Å². The number of nitrogens with one attached hydrogen (secondary N) is 2. The molecule has 0 aromatic heterocycles. The molecule has 4 aromatic carbocycles. The molecule has 2 N–H and O–H groups in total. The Kier molecular flexibility index (Phi) is 25.6. The van der Waals surface area contributed by atoms with Crippen molar-refractivity contribution in [3.63, 3.8) is 0 Å². The van der Waals surface area contributed by atoms with Crippen LogP contribution in [-0.2, 0) is 117 Å². The van der Waals surface area contributed by atoms with Crippen molar-refractivity contribution in [2.24, 2.45) is 15.3 Å². The predicted octanol–water partition coefficient (Wildman–Crippen LogP) is 6.96. The van der Waals surface area contributed by atoms with Crippen molar-refractivity contribution in [1.29, 1.82) is 0 Å². The fourth-order valence-electron chi connectivity index (χ4n) is 11.8. The number of esters is 4. The van der Waals surface area contributed by atoms with Crippen molar-refractivity contribution in [3.8, 4) is 0 Å². The number of hydrogen-bond donors (Lipinski definition) is 2. The summed E-state index contributed by atoms with van der Waals surface area (Å²) in [6, 6.07) is 29.8. The molecule has 1 saturated carbocycles. The summed E-state index contributed by atoms with van der Waals surface area (Å²) in [4.78, 5) is 104. The molecule has 0 spiro atoms. The molecule has 5 aliphatic rings. The third-order valence-corrected chi connectivity index (χ3v) is 16.0. The molecule has 1 aliphatic carbocycles. The molecule has 97 heavy (non-hydrogen) atoms. The third kappa shape index (κ3) is 19.5. The van der Waals surface area contributed by atoms with Crippen LogP contribution in [0.15, 0.2) is 137 Å². The summed E-state index contributed by atoms with van der Waals surface area (Å²) in [5.41, 5.74) is 32.4. The summed E-state index contributed by atoms with van der Waals surface area (Å²) in [6.45, 7) is 2.18. The van der Waals surface area contributed by atoms with Crippen LogP contribution in [0.25, 0.3) is 31.3 Å². The predicted molar refractivity (Wildman–Crippen MR) is 328 cm³/mol. The second kappa shape index (κ2) is 34.7. The first-order chi connectivity index (χ1) is 46.9. The van der Waals surface area contributed by atoms with Crippen LogP contribution < -0.4 is 10.6 Å². The number of fused-ring (bicyclic) bond motifs is 1. The molecule has 34 nitrogen and oxygen atoms in total. The Hall–Kier alpha value is -9.82. The first-order valence-electron chi connectivity index (χ1n) is 30.7. The molecule has 516 valence electrons. The van der Waals surface area contributed by atoms with Gasteiger partial charge in [-0.3, -0.25) is 19.2 Å². The maximum absolute atomic E-state index is 14.6. The van der Waals surface area contributed by atoms with Crippen molar-refractivity contribution in [3.05, 3.63) is 175 Å². The van der Waals surface area contributed by atoms with Gasteiger partial charge in [-0.25, -0.2) is 14.4 Å². The minimum Gasteiger partial charge on any atom is -0.463 e. The van der Waals surface area contributed by atoms with E-state index in [1.807, 2.05) is 36.4 Å². The first-order valence-corrected chi connectivity index (χ1v) is 30.7. The number of carbonyl (C=O) groups excluding carboxylic acids is 7. The summed E-state index contributed by atoms with van der Waals surface area (Å²) in [5, 5.41) is 17.2. The summed E-state index contributed by atoms with van der Waals surface area (Å²) >= 11 is 0. The van der Waals surface area contributed by atoms with Crippen LogP contribution in [0.2, 0.25) is 0 Å². The molecule has 0 unspecified atom stereocenters. The minimum atomic E-state index is -1.95. The van der Waals surface area contributed by atoms with Gasteiger partial charge in [0.25, 0.3) is 0 Å². The van der Waals surface area contributed by atoms with Gasteiger partial charge in [-0.15, -0.1) is 0 Å². The van der Waals surface area contributed by atoms with Crippen LogP contribution in [-0.4, -0.2) is 190 Å². The highest BCUT2D eigenvalue weighted by atomic mass is 16.8. The van der Waals surface area contributed by atoms with E-state index < -0.39 is 172 Å². The van der Waals surface area contributed by atoms with Crippen LogP contribution in [0.1, 0.15) is 56.4 Å². The molecule has 4 aromatic rings. The topological polar surface area (TPSA) is 432 Å². The van der Waals surface area contributed by atoms with Gasteiger partial charge in [0, 0.05) is 49.5 Å². The van der Waals surface area contributed by atoms with Crippen molar-refractivity contribution in [2.45, 2.75) is 177 Å². The second-order valence-corrected chi connectivity index (χ2v) is 22.9. The van der Waals surface area contributed by atoms with E-state index in [9.17, 15) is 50.2 Å². The molecule has 4 heterocycles. The molecule has 0 radical (unpaired) electrons. The van der Waals surface area contributed by atoms with Gasteiger partial charge in [-0.2, -0.15) is 0 Å². The lowest BCUT2D eigenvalue weighted by Gasteiger charge is -2.49. The van der Waals surface area contributed by atoms with Gasteiger partial charge in [0.15, 0.2) is 43.3 Å². The van der Waals surface area contributed by atoms with E-state index in [0.717, 1.165) is 33.3 Å². The number of azide groups is 3. The highest BCUT2D eigenvalue weighted by Crippen LogP contribution is 2.41. The van der Waals surface area contributed by atoms with E-state index >= 15 is 0 Å². The average Bonchev–Trinajstić information content (AvgIpc) is 1.67. The van der Waals surface area contributed by atoms with E-state index in [1.165, 1.54) is 11.9 Å². The normalized spacial score (nSPS) is 29.3. The standard InChI is InChI=1S/C63H72N12O22/c1-34(76)83-33-46-51(94-59-49(71-74-66)55(89-36(3)78)50(88-35(2)77)44(91-59)27-67-72-64)57(90-37(4)79)60(93-46)96-56-53(47(68-61(80)86-31-40-22-14-8-15-23-40)52(48-54(56)97-62(81)69-48)85-30-39-20-12-7-13-21-39)95-58-42(70-73-65)26-43(84-29-38-18-10-6-11-19-38)45(92-58)28-75(5)63(82)87-32-41-24-16-9-17-25-41/h6-25,42-60H,26-33H2,1-5H3,(H,68,80)(H,69,81)/t42-,43+,44+,45-,46-,47+,48-,49-,50-,51-,52+,53-,54+,55-,56+,57-,58-,59-,60+/m1/s1. The quantitative estimate of drug-likeness (QED) is 0.0191. The van der Waals surface area contributed by atoms with Crippen LogP contribution in [0.5, 0.6) is 0 Å². The summed E-state index contributed by atoms with van der Waals surface area (Å²) in [6.07, 6.45) is -27.0. The Morgan fingerprint density at radius 2 is 1.08 bits per heavy atom. The van der Waals surface area contributed by atoms with Crippen LogP contribution in [0.4, 0.5) is 14.4 Å². The van der Waals surface area contributed by atoms with Gasteiger partial charge >= 0.3 is 42.2 Å². The number of likely N-dealkylation sites (N-methyl/N-ethyl adjacent to an activating group) is 1. The average molecular weight is 1350 g/mol. The van der Waals surface area contributed by atoms with Gasteiger partial charge in [0.1, 0.15) is 74.6 Å². The minimum absolute atomic E-state index is 0.0323. The zero-order valence-electron chi connectivity index (χ0n) is 53.1.